The summed E-state index contributed by atoms with van der Waals surface area (Å²) in [7, 11) is 0. The van der Waals surface area contributed by atoms with Crippen molar-refractivity contribution in [3.05, 3.63) is 0 Å². The first-order valence-electron chi connectivity index (χ1n) is 7.00. The number of carboxylic acids is 1. The van der Waals surface area contributed by atoms with Gasteiger partial charge in [-0.25, -0.2) is 0 Å². The number of hydrogen-bond acceptors (Lipinski definition) is 1. The van der Waals surface area contributed by atoms with Crippen LogP contribution in [-0.4, -0.2) is 11.1 Å². The van der Waals surface area contributed by atoms with Gasteiger partial charge in [-0.05, 0) is 55.8 Å². The van der Waals surface area contributed by atoms with Crippen molar-refractivity contribution in [1.29, 1.82) is 0 Å². The highest BCUT2D eigenvalue weighted by Crippen LogP contribution is 2.54. The van der Waals surface area contributed by atoms with Gasteiger partial charge in [0.15, 0.2) is 0 Å². The number of fused-ring (bicyclic) bond motifs is 3. The average Bonchev–Trinajstić information content (AvgIpc) is 2.76. The molecule has 3 rings (SSSR count). The smallest absolute Gasteiger partial charge is 0.306 e. The second kappa shape index (κ2) is 4.05. The van der Waals surface area contributed by atoms with Gasteiger partial charge in [-0.2, -0.15) is 0 Å². The molecule has 0 aromatic rings. The van der Waals surface area contributed by atoms with Gasteiger partial charge in [0.1, 0.15) is 0 Å². The van der Waals surface area contributed by atoms with E-state index in [-0.39, 0.29) is 5.92 Å². The predicted molar refractivity (Wildman–Crippen MR) is 62.0 cm³/mol. The van der Waals surface area contributed by atoms with Crippen molar-refractivity contribution in [3.8, 4) is 0 Å². The molecule has 2 nitrogen and oxygen atoms in total. The first-order valence-corrected chi connectivity index (χ1v) is 7.00. The normalized spacial score (nSPS) is 47.1. The summed E-state index contributed by atoms with van der Waals surface area (Å²) in [6.45, 7) is 0. The van der Waals surface area contributed by atoms with Crippen molar-refractivity contribution in [2.45, 2.75) is 51.4 Å². The summed E-state index contributed by atoms with van der Waals surface area (Å²) in [5, 5.41) is 9.32. The van der Waals surface area contributed by atoms with Crippen molar-refractivity contribution < 1.29 is 9.90 Å². The van der Waals surface area contributed by atoms with Gasteiger partial charge in [-0.15, -0.1) is 0 Å². The quantitative estimate of drug-likeness (QED) is 0.739. The highest BCUT2D eigenvalue weighted by Gasteiger charge is 2.47. The maximum atomic E-state index is 11.3. The van der Waals surface area contributed by atoms with Gasteiger partial charge in [0.25, 0.3) is 0 Å². The van der Waals surface area contributed by atoms with Crippen molar-refractivity contribution in [3.63, 3.8) is 0 Å². The Labute approximate surface area is 97.4 Å². The molecule has 0 bridgehead atoms. The van der Waals surface area contributed by atoms with E-state index in [2.05, 4.69) is 0 Å². The highest BCUT2D eigenvalue weighted by molar-refractivity contribution is 5.70. The van der Waals surface area contributed by atoms with Crippen LogP contribution in [0.4, 0.5) is 0 Å². The van der Waals surface area contributed by atoms with Gasteiger partial charge < -0.3 is 5.11 Å². The summed E-state index contributed by atoms with van der Waals surface area (Å²) in [6, 6.07) is 0. The third-order valence-electron chi connectivity index (χ3n) is 5.58. The first kappa shape index (κ1) is 10.6. The van der Waals surface area contributed by atoms with Gasteiger partial charge >= 0.3 is 5.97 Å². The predicted octanol–water partition coefficient (Wildman–Crippen LogP) is 3.31. The third kappa shape index (κ3) is 1.57. The molecule has 3 fully saturated rings. The van der Waals surface area contributed by atoms with Gasteiger partial charge in [-0.1, -0.05) is 19.3 Å². The van der Waals surface area contributed by atoms with Crippen LogP contribution in [0, 0.1) is 29.6 Å². The summed E-state index contributed by atoms with van der Waals surface area (Å²) in [5.41, 5.74) is 0. The van der Waals surface area contributed by atoms with Crippen molar-refractivity contribution in [1.82, 2.24) is 0 Å². The molecule has 0 aromatic carbocycles. The molecule has 3 aliphatic carbocycles. The molecule has 0 aromatic heterocycles. The minimum atomic E-state index is -0.522. The third-order valence-corrected chi connectivity index (χ3v) is 5.58. The van der Waals surface area contributed by atoms with Crippen molar-refractivity contribution in [2.24, 2.45) is 29.6 Å². The SMILES string of the molecule is O=C(O)C1CCCC2C3CCCC3CCC12. The lowest BCUT2D eigenvalue weighted by Gasteiger charge is -2.45. The zero-order chi connectivity index (χ0) is 11.1. The molecule has 3 aliphatic rings. The van der Waals surface area contributed by atoms with Crippen LogP contribution in [-0.2, 0) is 4.79 Å². The van der Waals surface area contributed by atoms with E-state index in [9.17, 15) is 9.90 Å². The number of aliphatic carboxylic acids is 1. The number of rotatable bonds is 1. The number of carboxylic acid groups (broad SMARTS) is 1. The van der Waals surface area contributed by atoms with E-state index >= 15 is 0 Å². The minimum Gasteiger partial charge on any atom is -0.481 e. The lowest BCUT2D eigenvalue weighted by molar-refractivity contribution is -0.148. The van der Waals surface area contributed by atoms with Gasteiger partial charge in [0.05, 0.1) is 5.92 Å². The fraction of sp³-hybridized carbons (Fsp3) is 0.929. The van der Waals surface area contributed by atoms with Crippen LogP contribution in [0.5, 0.6) is 0 Å². The van der Waals surface area contributed by atoms with E-state index in [4.69, 9.17) is 0 Å². The Hall–Kier alpha value is -0.530. The maximum absolute atomic E-state index is 11.3. The molecular formula is C14H22O2. The summed E-state index contributed by atoms with van der Waals surface area (Å²) >= 11 is 0. The van der Waals surface area contributed by atoms with Crippen LogP contribution in [0.1, 0.15) is 51.4 Å². The van der Waals surface area contributed by atoms with E-state index in [0.717, 1.165) is 30.6 Å². The van der Waals surface area contributed by atoms with E-state index in [1.807, 2.05) is 0 Å². The first-order chi connectivity index (χ1) is 7.77. The van der Waals surface area contributed by atoms with Crippen LogP contribution in [0.15, 0.2) is 0 Å². The zero-order valence-corrected chi connectivity index (χ0v) is 9.90. The topological polar surface area (TPSA) is 37.3 Å². The van der Waals surface area contributed by atoms with Crippen molar-refractivity contribution in [2.75, 3.05) is 0 Å². The monoisotopic (exact) mass is 222 g/mol. The molecule has 1 N–H and O–H groups in total. The molecule has 0 saturated heterocycles. The van der Waals surface area contributed by atoms with Crippen LogP contribution < -0.4 is 0 Å². The molecule has 0 heterocycles. The molecule has 0 spiro atoms. The fourth-order valence-corrected chi connectivity index (χ4v) is 4.95. The van der Waals surface area contributed by atoms with Gasteiger partial charge in [-0.3, -0.25) is 4.79 Å². The van der Waals surface area contributed by atoms with Gasteiger partial charge in [0.2, 0.25) is 0 Å². The summed E-state index contributed by atoms with van der Waals surface area (Å²) < 4.78 is 0. The van der Waals surface area contributed by atoms with Crippen LogP contribution in [0.3, 0.4) is 0 Å². The fourth-order valence-electron chi connectivity index (χ4n) is 4.95. The second-order valence-electron chi connectivity index (χ2n) is 6.14. The van der Waals surface area contributed by atoms with Crippen LogP contribution in [0.25, 0.3) is 0 Å². The molecule has 16 heavy (non-hydrogen) atoms. The Morgan fingerprint density at radius 2 is 1.56 bits per heavy atom. The Morgan fingerprint density at radius 1 is 0.812 bits per heavy atom. The molecule has 5 atom stereocenters. The summed E-state index contributed by atoms with van der Waals surface area (Å²) in [4.78, 5) is 11.3. The Bertz CT molecular complexity index is 286. The second-order valence-corrected chi connectivity index (χ2v) is 6.14. The highest BCUT2D eigenvalue weighted by atomic mass is 16.4. The molecule has 0 aliphatic heterocycles. The van der Waals surface area contributed by atoms with E-state index in [1.165, 1.54) is 38.5 Å². The molecular weight excluding hydrogens is 200 g/mol. The molecule has 5 unspecified atom stereocenters. The van der Waals surface area contributed by atoms with Crippen molar-refractivity contribution >= 4 is 5.97 Å². The standard InChI is InChI=1S/C14H22O2/c15-14(16)13-6-2-5-11-10-4-1-3-9(10)7-8-12(11)13/h9-13H,1-8H2,(H,15,16). The summed E-state index contributed by atoms with van der Waals surface area (Å²) in [6.07, 6.45) is 10.1. The van der Waals surface area contributed by atoms with E-state index in [1.54, 1.807) is 0 Å². The number of carbonyl (C=O) groups is 1. The van der Waals surface area contributed by atoms with Gasteiger partial charge in [0, 0.05) is 0 Å². The maximum Gasteiger partial charge on any atom is 0.306 e. The Kier molecular flexibility index (Phi) is 2.68. The molecule has 0 amide bonds. The largest absolute Gasteiger partial charge is 0.481 e. The minimum absolute atomic E-state index is 0.0136. The summed E-state index contributed by atoms with van der Waals surface area (Å²) in [5.74, 6) is 2.59. The molecule has 3 saturated carbocycles. The molecule has 2 heteroatoms. The zero-order valence-electron chi connectivity index (χ0n) is 9.90. The Morgan fingerprint density at radius 3 is 2.38 bits per heavy atom. The Balaban J connectivity index is 1.80. The lowest BCUT2D eigenvalue weighted by atomic mass is 9.59. The van der Waals surface area contributed by atoms with Crippen LogP contribution in [0.2, 0.25) is 0 Å². The molecule has 90 valence electrons. The van der Waals surface area contributed by atoms with Crippen LogP contribution >= 0.6 is 0 Å². The molecule has 0 radical (unpaired) electrons. The average molecular weight is 222 g/mol. The number of hydrogen-bond donors (Lipinski definition) is 1. The van der Waals surface area contributed by atoms with E-state index in [0.29, 0.717) is 5.92 Å². The van der Waals surface area contributed by atoms with E-state index < -0.39 is 5.97 Å². The lowest BCUT2D eigenvalue weighted by Crippen LogP contribution is -2.41.